The van der Waals surface area contributed by atoms with Crippen LogP contribution in [0.3, 0.4) is 0 Å². The number of hydrogen-bond acceptors (Lipinski definition) is 6. The zero-order valence-corrected chi connectivity index (χ0v) is 28.9. The lowest BCUT2D eigenvalue weighted by molar-refractivity contribution is -0.166. The molecular weight excluding hydrogens is 564 g/mol. The van der Waals surface area contributed by atoms with Crippen molar-refractivity contribution in [1.82, 2.24) is 0 Å². The number of carbonyl (C=O) groups excluding carboxylic acids is 3. The van der Waals surface area contributed by atoms with Crippen molar-refractivity contribution in [3.05, 3.63) is 60.8 Å². The Labute approximate surface area is 275 Å². The number of esters is 3. The van der Waals surface area contributed by atoms with Crippen LogP contribution in [-0.2, 0) is 28.6 Å². The third-order valence-electron chi connectivity index (χ3n) is 7.07. The average Bonchev–Trinajstić information content (AvgIpc) is 3.03. The van der Waals surface area contributed by atoms with E-state index in [1.165, 1.54) is 25.7 Å². The molecule has 0 aromatic carbocycles. The predicted molar refractivity (Wildman–Crippen MR) is 187 cm³/mol. The quantitative estimate of drug-likeness (QED) is 0.0341. The first kappa shape index (κ1) is 42.1. The van der Waals surface area contributed by atoms with Crippen LogP contribution in [0.1, 0.15) is 149 Å². The molecule has 0 spiro atoms. The molecule has 1 unspecified atom stereocenters. The number of hydrogen-bond donors (Lipinski definition) is 0. The van der Waals surface area contributed by atoms with E-state index in [4.69, 9.17) is 14.2 Å². The van der Waals surface area contributed by atoms with E-state index in [0.717, 1.165) is 83.5 Å². The van der Waals surface area contributed by atoms with Crippen molar-refractivity contribution in [2.45, 2.75) is 155 Å². The first-order chi connectivity index (χ1) is 22.0. The van der Waals surface area contributed by atoms with Gasteiger partial charge in [-0.05, 0) is 44.9 Å². The molecule has 1 atom stereocenters. The number of carbonyl (C=O) groups is 3. The second-order valence-corrected chi connectivity index (χ2v) is 11.4. The molecule has 0 aliphatic rings. The highest BCUT2D eigenvalue weighted by Gasteiger charge is 2.19. The van der Waals surface area contributed by atoms with Crippen molar-refractivity contribution in [2.24, 2.45) is 0 Å². The van der Waals surface area contributed by atoms with Gasteiger partial charge in [-0.15, -0.1) is 0 Å². The molecule has 0 aliphatic carbocycles. The van der Waals surface area contributed by atoms with Gasteiger partial charge in [0.25, 0.3) is 0 Å². The minimum atomic E-state index is -0.802. The van der Waals surface area contributed by atoms with Gasteiger partial charge in [-0.1, -0.05) is 146 Å². The van der Waals surface area contributed by atoms with Gasteiger partial charge in [0, 0.05) is 12.8 Å². The van der Waals surface area contributed by atoms with Crippen LogP contribution in [0.5, 0.6) is 0 Å². The maximum Gasteiger partial charge on any atom is 0.309 e. The predicted octanol–water partition coefficient (Wildman–Crippen LogP) is 10.6. The Balaban J connectivity index is 4.44. The zero-order valence-electron chi connectivity index (χ0n) is 28.9. The van der Waals surface area contributed by atoms with Crippen LogP contribution in [0, 0.1) is 0 Å². The summed E-state index contributed by atoms with van der Waals surface area (Å²) in [6.07, 6.45) is 38.4. The Morgan fingerprint density at radius 1 is 0.467 bits per heavy atom. The van der Waals surface area contributed by atoms with E-state index in [9.17, 15) is 14.4 Å². The molecule has 6 nitrogen and oxygen atoms in total. The fraction of sp³-hybridized carbons (Fsp3) is 0.667. The van der Waals surface area contributed by atoms with Gasteiger partial charge in [0.2, 0.25) is 0 Å². The van der Waals surface area contributed by atoms with Crippen LogP contribution in [0.4, 0.5) is 0 Å². The fourth-order valence-electron chi connectivity index (χ4n) is 4.39. The van der Waals surface area contributed by atoms with Crippen molar-refractivity contribution in [1.29, 1.82) is 0 Å². The highest BCUT2D eigenvalue weighted by molar-refractivity contribution is 5.72. The summed E-state index contributed by atoms with van der Waals surface area (Å²) in [5.41, 5.74) is 0. The maximum atomic E-state index is 12.4. The van der Waals surface area contributed by atoms with Crippen molar-refractivity contribution < 1.29 is 28.6 Å². The Morgan fingerprint density at radius 2 is 0.867 bits per heavy atom. The second-order valence-electron chi connectivity index (χ2n) is 11.4. The third kappa shape index (κ3) is 32.3. The Bertz CT molecular complexity index is 867. The van der Waals surface area contributed by atoms with E-state index in [0.29, 0.717) is 12.8 Å². The summed E-state index contributed by atoms with van der Waals surface area (Å²) in [5.74, 6) is -1.07. The molecule has 0 heterocycles. The Kier molecular flexibility index (Phi) is 31.8. The van der Waals surface area contributed by atoms with E-state index in [1.54, 1.807) is 6.08 Å². The van der Waals surface area contributed by atoms with E-state index < -0.39 is 12.1 Å². The topological polar surface area (TPSA) is 78.9 Å². The number of allylic oxidation sites excluding steroid dienone is 9. The van der Waals surface area contributed by atoms with Crippen LogP contribution in [0.2, 0.25) is 0 Å². The van der Waals surface area contributed by atoms with Crippen molar-refractivity contribution in [3.8, 4) is 0 Å². The van der Waals surface area contributed by atoms with Gasteiger partial charge in [0.1, 0.15) is 13.2 Å². The van der Waals surface area contributed by atoms with Gasteiger partial charge in [0.05, 0.1) is 6.42 Å². The number of unbranched alkanes of at least 4 members (excludes halogenated alkanes) is 10. The molecule has 0 radical (unpaired) electrons. The molecule has 45 heavy (non-hydrogen) atoms. The lowest BCUT2D eigenvalue weighted by Gasteiger charge is -2.18. The SMILES string of the molecule is CC/C=C\C/C=C\C/C=C\C/C=C\C/C=C\CC(=O)OCC(COC(=O)CCCCCCC)OC(=O)CCCCCCCCC. The number of ether oxygens (including phenoxy) is 3. The highest BCUT2D eigenvalue weighted by atomic mass is 16.6. The van der Waals surface area contributed by atoms with Gasteiger partial charge < -0.3 is 14.2 Å². The second kappa shape index (κ2) is 34.0. The zero-order chi connectivity index (χ0) is 33.1. The average molecular weight is 629 g/mol. The third-order valence-corrected chi connectivity index (χ3v) is 7.07. The normalized spacial score (nSPS) is 12.7. The van der Waals surface area contributed by atoms with Crippen LogP contribution in [0.15, 0.2) is 60.8 Å². The molecule has 0 aromatic heterocycles. The van der Waals surface area contributed by atoms with Crippen molar-refractivity contribution >= 4 is 17.9 Å². The van der Waals surface area contributed by atoms with Crippen LogP contribution in [0.25, 0.3) is 0 Å². The lowest BCUT2D eigenvalue weighted by atomic mass is 10.1. The molecule has 0 saturated carbocycles. The maximum absolute atomic E-state index is 12.4. The van der Waals surface area contributed by atoms with E-state index in [1.807, 2.05) is 6.08 Å². The molecule has 6 heteroatoms. The summed E-state index contributed by atoms with van der Waals surface area (Å²) in [7, 11) is 0. The van der Waals surface area contributed by atoms with Gasteiger partial charge in [-0.25, -0.2) is 0 Å². The summed E-state index contributed by atoms with van der Waals surface area (Å²) < 4.78 is 16.3. The summed E-state index contributed by atoms with van der Waals surface area (Å²) in [5, 5.41) is 0. The van der Waals surface area contributed by atoms with Crippen LogP contribution < -0.4 is 0 Å². The van der Waals surface area contributed by atoms with Gasteiger partial charge in [-0.3, -0.25) is 14.4 Å². The van der Waals surface area contributed by atoms with E-state index >= 15 is 0 Å². The largest absolute Gasteiger partial charge is 0.462 e. The highest BCUT2D eigenvalue weighted by Crippen LogP contribution is 2.11. The Morgan fingerprint density at radius 3 is 1.36 bits per heavy atom. The lowest BCUT2D eigenvalue weighted by Crippen LogP contribution is -2.30. The summed E-state index contributed by atoms with van der Waals surface area (Å²) >= 11 is 0. The summed E-state index contributed by atoms with van der Waals surface area (Å²) in [6.45, 7) is 6.25. The standard InChI is InChI=1S/C39H64O6/c1-4-7-10-13-15-16-17-18-19-20-21-22-24-26-29-32-38(41)44-35-36(34-43-37(40)31-28-25-12-9-6-3)45-39(42)33-30-27-23-14-11-8-5-2/h7,10,15-16,18-19,21-22,26,29,36H,4-6,8-9,11-14,17,20,23-25,27-28,30-35H2,1-3H3/b10-7-,16-15-,19-18-,22-21-,29-26-. The van der Waals surface area contributed by atoms with Crippen LogP contribution >= 0.6 is 0 Å². The minimum absolute atomic E-state index is 0.106. The van der Waals surface area contributed by atoms with Gasteiger partial charge >= 0.3 is 17.9 Å². The Hall–Kier alpha value is -2.89. The molecule has 0 amide bonds. The molecule has 0 aromatic rings. The first-order valence-corrected chi connectivity index (χ1v) is 17.8. The molecule has 0 N–H and O–H groups in total. The smallest absolute Gasteiger partial charge is 0.309 e. The van der Waals surface area contributed by atoms with Gasteiger partial charge in [0.15, 0.2) is 6.10 Å². The van der Waals surface area contributed by atoms with Crippen LogP contribution in [-0.4, -0.2) is 37.2 Å². The molecule has 256 valence electrons. The first-order valence-electron chi connectivity index (χ1n) is 17.8. The van der Waals surface area contributed by atoms with E-state index in [2.05, 4.69) is 69.4 Å². The molecular formula is C39H64O6. The minimum Gasteiger partial charge on any atom is -0.462 e. The van der Waals surface area contributed by atoms with E-state index in [-0.39, 0.29) is 31.6 Å². The molecule has 0 saturated heterocycles. The molecule has 0 rings (SSSR count). The monoisotopic (exact) mass is 628 g/mol. The molecule has 0 aliphatic heterocycles. The van der Waals surface area contributed by atoms with Crippen molar-refractivity contribution in [2.75, 3.05) is 13.2 Å². The summed E-state index contributed by atoms with van der Waals surface area (Å²) in [4.78, 5) is 36.9. The number of rotatable bonds is 30. The fourth-order valence-corrected chi connectivity index (χ4v) is 4.39. The summed E-state index contributed by atoms with van der Waals surface area (Å²) in [6, 6.07) is 0. The molecule has 0 fully saturated rings. The van der Waals surface area contributed by atoms with Gasteiger partial charge in [-0.2, -0.15) is 0 Å². The van der Waals surface area contributed by atoms with Crippen molar-refractivity contribution in [3.63, 3.8) is 0 Å². The molecule has 0 bridgehead atoms.